The van der Waals surface area contributed by atoms with Gasteiger partial charge in [-0.25, -0.2) is 9.18 Å². The van der Waals surface area contributed by atoms with Crippen molar-refractivity contribution >= 4 is 12.0 Å². The summed E-state index contributed by atoms with van der Waals surface area (Å²) in [6.45, 7) is 1.70. The predicted molar refractivity (Wildman–Crippen MR) is 57.1 cm³/mol. The number of alkyl halides is 3. The number of halogens is 4. The second kappa shape index (κ2) is 5.66. The normalized spacial score (nSPS) is 11.8. The number of hydrogen-bond acceptors (Lipinski definition) is 2. The fourth-order valence-corrected chi connectivity index (χ4v) is 1.27. The molecule has 2 nitrogen and oxygen atoms in total. The van der Waals surface area contributed by atoms with Crippen LogP contribution < -0.4 is 0 Å². The Hall–Kier alpha value is -1.85. The van der Waals surface area contributed by atoms with E-state index < -0.39 is 23.5 Å². The van der Waals surface area contributed by atoms with E-state index >= 15 is 0 Å². The Kier molecular flexibility index (Phi) is 4.47. The lowest BCUT2D eigenvalue weighted by atomic mass is 10.1. The third kappa shape index (κ3) is 3.87. The molecule has 0 heterocycles. The van der Waals surface area contributed by atoms with Crippen LogP contribution in [0.3, 0.4) is 0 Å². The summed E-state index contributed by atoms with van der Waals surface area (Å²) in [6.07, 6.45) is -2.87. The van der Waals surface area contributed by atoms with E-state index in [1.165, 1.54) is 0 Å². The molecule has 0 spiro atoms. The zero-order chi connectivity index (χ0) is 13.8. The van der Waals surface area contributed by atoms with Gasteiger partial charge >= 0.3 is 12.1 Å². The number of carbonyl (C=O) groups excluding carboxylic acids is 1. The zero-order valence-electron chi connectivity index (χ0n) is 9.42. The highest BCUT2D eigenvalue weighted by molar-refractivity contribution is 5.87. The first kappa shape index (κ1) is 14.2. The van der Waals surface area contributed by atoms with Crippen molar-refractivity contribution < 1.29 is 27.1 Å². The van der Waals surface area contributed by atoms with Gasteiger partial charge in [-0.1, -0.05) is 6.07 Å². The zero-order valence-corrected chi connectivity index (χ0v) is 9.42. The molecule has 6 heteroatoms. The Morgan fingerprint density at radius 2 is 2.06 bits per heavy atom. The van der Waals surface area contributed by atoms with Crippen LogP contribution in [-0.2, 0) is 15.7 Å². The van der Waals surface area contributed by atoms with E-state index in [1.807, 2.05) is 0 Å². The lowest BCUT2D eigenvalue weighted by Gasteiger charge is -2.10. The van der Waals surface area contributed by atoms with Crippen molar-refractivity contribution in [3.05, 3.63) is 41.2 Å². The Bertz CT molecular complexity index is 464. The van der Waals surface area contributed by atoms with E-state index in [0.29, 0.717) is 6.07 Å². The molecule has 0 amide bonds. The highest BCUT2D eigenvalue weighted by atomic mass is 19.4. The summed E-state index contributed by atoms with van der Waals surface area (Å²) in [4.78, 5) is 11.0. The maximum Gasteiger partial charge on any atom is 0.417 e. The molecule has 0 unspecified atom stereocenters. The number of carbonyl (C=O) groups is 1. The van der Waals surface area contributed by atoms with Gasteiger partial charge in [0.05, 0.1) is 12.2 Å². The number of esters is 1. The van der Waals surface area contributed by atoms with Crippen molar-refractivity contribution in [2.45, 2.75) is 13.1 Å². The molecule has 1 rings (SSSR count). The molecule has 1 aromatic rings. The molecular weight excluding hydrogens is 252 g/mol. The molecule has 0 aromatic heterocycles. The summed E-state index contributed by atoms with van der Waals surface area (Å²) in [5, 5.41) is 0. The van der Waals surface area contributed by atoms with Gasteiger partial charge in [0.25, 0.3) is 0 Å². The highest BCUT2D eigenvalue weighted by Gasteiger charge is 2.33. The van der Waals surface area contributed by atoms with Crippen molar-refractivity contribution in [2.24, 2.45) is 0 Å². The average molecular weight is 262 g/mol. The van der Waals surface area contributed by atoms with Gasteiger partial charge in [-0.05, 0) is 30.7 Å². The largest absolute Gasteiger partial charge is 0.463 e. The number of benzene rings is 1. The van der Waals surface area contributed by atoms with Crippen LogP contribution in [0.2, 0.25) is 0 Å². The second-order valence-corrected chi connectivity index (χ2v) is 3.31. The van der Waals surface area contributed by atoms with Gasteiger partial charge in [0.1, 0.15) is 5.82 Å². The molecule has 0 aliphatic heterocycles. The van der Waals surface area contributed by atoms with Crippen LogP contribution in [0.25, 0.3) is 6.08 Å². The van der Waals surface area contributed by atoms with Crippen molar-refractivity contribution in [3.8, 4) is 0 Å². The smallest absolute Gasteiger partial charge is 0.417 e. The van der Waals surface area contributed by atoms with E-state index in [9.17, 15) is 22.4 Å². The molecule has 0 atom stereocenters. The van der Waals surface area contributed by atoms with Crippen molar-refractivity contribution in [2.75, 3.05) is 6.61 Å². The van der Waals surface area contributed by atoms with Crippen LogP contribution in [0.15, 0.2) is 24.3 Å². The topological polar surface area (TPSA) is 26.3 Å². The van der Waals surface area contributed by atoms with Crippen LogP contribution in [-0.4, -0.2) is 12.6 Å². The minimum atomic E-state index is -4.68. The van der Waals surface area contributed by atoms with Crippen molar-refractivity contribution in [3.63, 3.8) is 0 Å². The molecular formula is C12H10F4O2. The molecule has 1 aromatic carbocycles. The molecule has 0 bridgehead atoms. The third-order valence-corrected chi connectivity index (χ3v) is 2.01. The summed E-state index contributed by atoms with van der Waals surface area (Å²) >= 11 is 0. The number of hydrogen-bond donors (Lipinski definition) is 0. The van der Waals surface area contributed by atoms with E-state index in [4.69, 9.17) is 0 Å². The number of ether oxygens (including phenoxy) is 1. The van der Waals surface area contributed by atoms with Crippen LogP contribution in [0.5, 0.6) is 0 Å². The fourth-order valence-electron chi connectivity index (χ4n) is 1.27. The number of rotatable bonds is 3. The first-order valence-electron chi connectivity index (χ1n) is 5.06. The molecule has 18 heavy (non-hydrogen) atoms. The van der Waals surface area contributed by atoms with E-state index in [2.05, 4.69) is 4.74 Å². The van der Waals surface area contributed by atoms with Gasteiger partial charge in [0, 0.05) is 6.08 Å². The Labute approximate surface area is 101 Å². The molecule has 0 saturated heterocycles. The predicted octanol–water partition coefficient (Wildman–Crippen LogP) is 3.42. The van der Waals surface area contributed by atoms with Gasteiger partial charge in [0.2, 0.25) is 0 Å². The van der Waals surface area contributed by atoms with Crippen LogP contribution in [0, 0.1) is 5.82 Å². The fraction of sp³-hybridized carbons (Fsp3) is 0.250. The van der Waals surface area contributed by atoms with Crippen LogP contribution in [0.4, 0.5) is 17.6 Å². The van der Waals surface area contributed by atoms with Crippen LogP contribution in [0.1, 0.15) is 18.1 Å². The summed E-state index contributed by atoms with van der Waals surface area (Å²) in [7, 11) is 0. The summed E-state index contributed by atoms with van der Waals surface area (Å²) in [5.41, 5.74) is -1.43. The molecule has 0 N–H and O–H groups in total. The molecule has 0 aliphatic carbocycles. The standard InChI is InChI=1S/C12H10F4O2/c1-2-18-11(17)6-4-8-3-5-9(13)7-10(8)12(14,15)16/h3-7H,2H2,1H3/b6-4+. The van der Waals surface area contributed by atoms with Gasteiger partial charge in [-0.2, -0.15) is 13.2 Å². The van der Waals surface area contributed by atoms with Crippen molar-refractivity contribution in [1.82, 2.24) is 0 Å². The van der Waals surface area contributed by atoms with Gasteiger partial charge < -0.3 is 4.74 Å². The molecule has 98 valence electrons. The summed E-state index contributed by atoms with van der Waals surface area (Å²) in [5.74, 6) is -1.74. The molecule has 0 radical (unpaired) electrons. The highest BCUT2D eigenvalue weighted by Crippen LogP contribution is 2.33. The quantitative estimate of drug-likeness (QED) is 0.474. The van der Waals surface area contributed by atoms with E-state index in [1.54, 1.807) is 6.92 Å². The lowest BCUT2D eigenvalue weighted by Crippen LogP contribution is -2.08. The molecule has 0 fully saturated rings. The minimum Gasteiger partial charge on any atom is -0.463 e. The SMILES string of the molecule is CCOC(=O)/C=C/c1ccc(F)cc1C(F)(F)F. The Balaban J connectivity index is 3.06. The maximum atomic E-state index is 12.8. The summed E-state index contributed by atoms with van der Waals surface area (Å²) < 4.78 is 55.1. The van der Waals surface area contributed by atoms with Crippen molar-refractivity contribution in [1.29, 1.82) is 0 Å². The van der Waals surface area contributed by atoms with Gasteiger partial charge in [-0.15, -0.1) is 0 Å². The monoisotopic (exact) mass is 262 g/mol. The minimum absolute atomic E-state index is 0.124. The molecule has 0 saturated carbocycles. The molecule has 0 aliphatic rings. The van der Waals surface area contributed by atoms with Gasteiger partial charge in [-0.3, -0.25) is 0 Å². The Morgan fingerprint density at radius 1 is 1.39 bits per heavy atom. The maximum absolute atomic E-state index is 12.8. The Morgan fingerprint density at radius 3 is 2.61 bits per heavy atom. The lowest BCUT2D eigenvalue weighted by molar-refractivity contribution is -0.138. The summed E-state index contributed by atoms with van der Waals surface area (Å²) in [6, 6.07) is 2.22. The van der Waals surface area contributed by atoms with Gasteiger partial charge in [0.15, 0.2) is 0 Å². The van der Waals surface area contributed by atoms with E-state index in [-0.39, 0.29) is 12.2 Å². The second-order valence-electron chi connectivity index (χ2n) is 3.31. The average Bonchev–Trinajstić information content (AvgIpc) is 2.26. The first-order chi connectivity index (χ1) is 8.34. The van der Waals surface area contributed by atoms with E-state index in [0.717, 1.165) is 24.3 Å². The third-order valence-electron chi connectivity index (χ3n) is 2.01. The first-order valence-corrected chi connectivity index (χ1v) is 5.06. The van der Waals surface area contributed by atoms with Crippen LogP contribution >= 0.6 is 0 Å².